The highest BCUT2D eigenvalue weighted by molar-refractivity contribution is 7.91. The number of fused-ring (bicyclic) bond motifs is 1. The minimum Gasteiger partial charge on any atom is -0.444 e. The Morgan fingerprint density at radius 3 is 2.32 bits per heavy atom. The van der Waals surface area contributed by atoms with Gasteiger partial charge in [-0.3, -0.25) is 28.9 Å². The Labute approximate surface area is 365 Å². The van der Waals surface area contributed by atoms with Crippen LogP contribution in [0.4, 0.5) is 33.7 Å². The van der Waals surface area contributed by atoms with Gasteiger partial charge in [-0.15, -0.1) is 0 Å². The number of nitrogens with zero attached hydrogens (tertiary/aromatic N) is 3. The topological polar surface area (TPSA) is 179 Å². The van der Waals surface area contributed by atoms with Crippen LogP contribution in [0, 0.1) is 17.2 Å². The quantitative estimate of drug-likeness (QED) is 0.191. The van der Waals surface area contributed by atoms with Gasteiger partial charge in [-0.2, -0.15) is 13.2 Å². The summed E-state index contributed by atoms with van der Waals surface area (Å²) in [5, 5.41) is 8.96. The van der Waals surface area contributed by atoms with E-state index in [2.05, 4.69) is 25.6 Å². The highest BCUT2D eigenvalue weighted by Gasteiger charge is 2.63. The van der Waals surface area contributed by atoms with E-state index in [0.29, 0.717) is 44.6 Å². The molecule has 7 rings (SSSR count). The van der Waals surface area contributed by atoms with E-state index in [0.717, 1.165) is 54.0 Å². The van der Waals surface area contributed by atoms with E-state index in [1.54, 1.807) is 27.7 Å². The summed E-state index contributed by atoms with van der Waals surface area (Å²) < 4.78 is 94.3. The van der Waals surface area contributed by atoms with E-state index in [4.69, 9.17) is 9.47 Å². The first-order valence-corrected chi connectivity index (χ1v) is 23.0. The Hall–Kier alpha value is -4.69. The summed E-state index contributed by atoms with van der Waals surface area (Å²) in [4.78, 5) is 61.6. The van der Waals surface area contributed by atoms with Gasteiger partial charge < -0.3 is 30.3 Å². The van der Waals surface area contributed by atoms with Crippen LogP contribution in [-0.4, -0.2) is 121 Å². The van der Waals surface area contributed by atoms with Gasteiger partial charge in [-0.05, 0) is 79.0 Å². The molecule has 0 spiro atoms. The van der Waals surface area contributed by atoms with Crippen LogP contribution in [0.1, 0.15) is 83.4 Å². The van der Waals surface area contributed by atoms with Crippen molar-refractivity contribution in [3.05, 3.63) is 58.9 Å². The lowest BCUT2D eigenvalue weighted by atomic mass is 9.85. The average Bonchev–Trinajstić information content (AvgIpc) is 4.03. The van der Waals surface area contributed by atoms with Crippen LogP contribution in [0.3, 0.4) is 0 Å². The van der Waals surface area contributed by atoms with Crippen LogP contribution < -0.4 is 20.7 Å². The normalized spacial score (nSPS) is 24.9. The molecule has 3 heterocycles. The van der Waals surface area contributed by atoms with Gasteiger partial charge in [0.2, 0.25) is 21.8 Å². The molecular weight excluding hydrogens is 851 g/mol. The molecule has 5 aliphatic rings. The first kappa shape index (κ1) is 46.3. The van der Waals surface area contributed by atoms with Crippen molar-refractivity contribution in [2.45, 2.75) is 114 Å². The third-order valence-corrected chi connectivity index (χ3v) is 15.2. The zero-order valence-corrected chi connectivity index (χ0v) is 37.0. The number of carbonyl (C=O) groups excluding carboxylic acids is 4. The number of alkyl halides is 3. The largest absolute Gasteiger partial charge is 0.444 e. The number of likely N-dealkylation sites (tertiary alicyclic amines) is 1. The van der Waals surface area contributed by atoms with Crippen LogP contribution in [0.15, 0.2) is 36.4 Å². The lowest BCUT2D eigenvalue weighted by Crippen LogP contribution is -2.59. The summed E-state index contributed by atoms with van der Waals surface area (Å²) in [7, 11) is -4.07. The zero-order chi connectivity index (χ0) is 45.7. The van der Waals surface area contributed by atoms with Crippen molar-refractivity contribution in [2.24, 2.45) is 11.3 Å². The van der Waals surface area contributed by atoms with Crippen molar-refractivity contribution >= 4 is 45.2 Å². The smallest absolute Gasteiger partial charge is 0.416 e. The Morgan fingerprint density at radius 1 is 0.984 bits per heavy atom. The number of amides is 4. The molecule has 3 aliphatic heterocycles. The number of hydrogen-bond donors (Lipinski definition) is 4. The minimum absolute atomic E-state index is 0.139. The molecule has 15 nitrogen and oxygen atoms in total. The summed E-state index contributed by atoms with van der Waals surface area (Å²) in [5.74, 6) is -4.05. The van der Waals surface area contributed by atoms with Gasteiger partial charge in [0.1, 0.15) is 29.5 Å². The first-order valence-electron chi connectivity index (χ1n) is 21.5. The fourth-order valence-corrected chi connectivity index (χ4v) is 9.93. The van der Waals surface area contributed by atoms with E-state index >= 15 is 0 Å². The van der Waals surface area contributed by atoms with Gasteiger partial charge in [0.15, 0.2) is 0 Å². The molecule has 0 radical (unpaired) electrons. The van der Waals surface area contributed by atoms with Crippen molar-refractivity contribution in [3.8, 4) is 0 Å². The van der Waals surface area contributed by atoms with E-state index in [1.807, 2.05) is 18.2 Å². The number of ether oxygens (including phenoxy) is 2. The Balaban J connectivity index is 1.09. The maximum Gasteiger partial charge on any atom is 0.416 e. The third kappa shape index (κ3) is 10.2. The number of carbonyl (C=O) groups is 4. The monoisotopic (exact) mass is 907 g/mol. The molecule has 2 saturated heterocycles. The second-order valence-electron chi connectivity index (χ2n) is 18.8. The molecule has 4 amide bonds. The number of hydrogen-bond acceptors (Lipinski definition) is 11. The molecule has 0 bridgehead atoms. The molecule has 63 heavy (non-hydrogen) atoms. The van der Waals surface area contributed by atoms with Crippen molar-refractivity contribution in [3.63, 3.8) is 0 Å². The van der Waals surface area contributed by atoms with Gasteiger partial charge in [-0.25, -0.2) is 17.6 Å². The van der Waals surface area contributed by atoms with E-state index < -0.39 is 91.2 Å². The van der Waals surface area contributed by atoms with Gasteiger partial charge >= 0.3 is 12.3 Å². The first-order chi connectivity index (χ1) is 29.5. The van der Waals surface area contributed by atoms with Crippen LogP contribution in [-0.2, 0) is 53.1 Å². The molecule has 4 fully saturated rings. The number of rotatable bonds is 14. The van der Waals surface area contributed by atoms with Crippen molar-refractivity contribution in [1.29, 1.82) is 0 Å². The second kappa shape index (κ2) is 17.4. The maximum absolute atomic E-state index is 14.7. The van der Waals surface area contributed by atoms with Gasteiger partial charge in [-0.1, -0.05) is 40.2 Å². The maximum atomic E-state index is 14.7. The predicted molar refractivity (Wildman–Crippen MR) is 224 cm³/mol. The van der Waals surface area contributed by atoms with E-state index in [9.17, 15) is 45.2 Å². The highest BCUT2D eigenvalue weighted by Crippen LogP contribution is 2.48. The molecule has 2 aromatic rings. The molecule has 2 saturated carbocycles. The fraction of sp³-hybridized carbons (Fsp3) is 0.628. The molecule has 2 aliphatic carbocycles. The number of morpholine rings is 1. The van der Waals surface area contributed by atoms with Crippen LogP contribution in [0.5, 0.6) is 0 Å². The number of anilines is 2. The number of halogens is 4. The lowest BCUT2D eigenvalue weighted by molar-refractivity contribution is -0.141. The van der Waals surface area contributed by atoms with Crippen LogP contribution in [0.2, 0.25) is 0 Å². The van der Waals surface area contributed by atoms with Gasteiger partial charge in [0.25, 0.3) is 5.91 Å². The minimum atomic E-state index is -4.88. The van der Waals surface area contributed by atoms with Crippen molar-refractivity contribution < 1.29 is 54.6 Å². The molecular formula is C43H57F4N7O8S. The molecule has 5 atom stereocenters. The average molecular weight is 908 g/mol. The van der Waals surface area contributed by atoms with Crippen molar-refractivity contribution in [1.82, 2.24) is 24.7 Å². The fourth-order valence-electron chi connectivity index (χ4n) is 8.62. The lowest BCUT2D eigenvalue weighted by Gasteiger charge is -2.36. The Kier molecular flexibility index (Phi) is 12.8. The van der Waals surface area contributed by atoms with E-state index in [1.165, 1.54) is 11.8 Å². The number of sulfonamides is 1. The molecule has 2 aromatic carbocycles. The Bertz CT molecular complexity index is 2210. The standard InChI is InChI=1S/C43H57F4N7O8S/c1-6-28-22-42(28,38(57)51-63(59,60)41(5)9-10-41)50-36(55)34-21-33(25-54(34)37(56)35(40(2,3)4)49-32-19-29(43(45,46)47)18-30(44)20-32)62-39(58)53-23-26-7-8-31(17-27(26)24-53)48-11-12-52-13-15-61-16-14-52/h7-8,17-20,28,33-35,48-49H,6,9-16,21-25H2,1-5H3,(H,50,55)(H,51,57)/t28-,33-,34+,35-,42-/m1/s1. The van der Waals surface area contributed by atoms with Gasteiger partial charge in [0, 0.05) is 57.1 Å². The van der Waals surface area contributed by atoms with Crippen molar-refractivity contribution in [2.75, 3.05) is 56.6 Å². The molecule has 346 valence electrons. The molecule has 0 unspecified atom stereocenters. The van der Waals surface area contributed by atoms with Crippen LogP contribution >= 0.6 is 0 Å². The molecule has 4 N–H and O–H groups in total. The second-order valence-corrected chi connectivity index (χ2v) is 21.0. The van der Waals surface area contributed by atoms with E-state index in [-0.39, 0.29) is 38.2 Å². The highest BCUT2D eigenvalue weighted by atomic mass is 32.2. The van der Waals surface area contributed by atoms with Gasteiger partial charge in [0.05, 0.1) is 30.1 Å². The summed E-state index contributed by atoms with van der Waals surface area (Å²) >= 11 is 0. The molecule has 0 aromatic heterocycles. The summed E-state index contributed by atoms with van der Waals surface area (Å²) in [5.41, 5.74) is -1.48. The molecule has 20 heteroatoms. The third-order valence-electron chi connectivity index (χ3n) is 13.0. The summed E-state index contributed by atoms with van der Waals surface area (Å²) in [6.07, 6.45) is -5.51. The predicted octanol–water partition coefficient (Wildman–Crippen LogP) is 4.82. The van der Waals surface area contributed by atoms with Crippen LogP contribution in [0.25, 0.3) is 0 Å². The summed E-state index contributed by atoms with van der Waals surface area (Å²) in [6.45, 7) is 13.2. The zero-order valence-electron chi connectivity index (χ0n) is 36.2. The number of nitrogens with one attached hydrogen (secondary N) is 4. The summed E-state index contributed by atoms with van der Waals surface area (Å²) in [6, 6.07) is 5.03. The Morgan fingerprint density at radius 2 is 1.68 bits per heavy atom. The SMILES string of the molecule is CC[C@@H]1C[C@]1(NC(=O)[C@@H]1C[C@@H](OC(=O)N2Cc3ccc(NCCN4CCOCC4)cc3C2)CN1C(=O)[C@@H](Nc1cc(F)cc(C(F)(F)F)c1)C(C)(C)C)C(=O)NS(=O)(=O)C1(C)CC1. The number of benzene rings is 2.